The Bertz CT molecular complexity index is 725. The molecule has 4 nitrogen and oxygen atoms in total. The molecule has 0 bridgehead atoms. The SMILES string of the molecule is CCCCc1ccc2c(n1)-c1nc(CCCC)ccc1C(=N)C2=N. The van der Waals surface area contributed by atoms with E-state index in [1.807, 2.05) is 24.3 Å². The van der Waals surface area contributed by atoms with Gasteiger partial charge in [0.15, 0.2) is 0 Å². The van der Waals surface area contributed by atoms with Gasteiger partial charge in [0.25, 0.3) is 0 Å². The van der Waals surface area contributed by atoms with Gasteiger partial charge in [0.1, 0.15) is 0 Å². The number of fused-ring (bicyclic) bond motifs is 3. The molecule has 0 unspecified atom stereocenters. The van der Waals surface area contributed by atoms with Crippen LogP contribution in [0.4, 0.5) is 0 Å². The molecule has 0 aromatic carbocycles. The average molecular weight is 320 g/mol. The average Bonchev–Trinajstić information content (AvgIpc) is 2.62. The first-order valence-electron chi connectivity index (χ1n) is 8.84. The maximum atomic E-state index is 8.29. The fraction of sp³-hybridized carbons (Fsp3) is 0.400. The Morgan fingerprint density at radius 3 is 1.50 bits per heavy atom. The minimum atomic E-state index is 0.246. The van der Waals surface area contributed by atoms with Crippen molar-refractivity contribution in [2.45, 2.75) is 52.4 Å². The number of rotatable bonds is 6. The van der Waals surface area contributed by atoms with E-state index in [2.05, 4.69) is 13.8 Å². The standard InChI is InChI=1S/C20H24N4/c1-3-5-7-13-9-11-15-17(21)18(22)16-12-10-14(8-6-4-2)24-20(16)19(15)23-13/h9-12,21-22H,3-8H2,1-2H3. The van der Waals surface area contributed by atoms with Gasteiger partial charge in [-0.2, -0.15) is 0 Å². The molecule has 1 aliphatic rings. The van der Waals surface area contributed by atoms with Crippen molar-refractivity contribution in [3.63, 3.8) is 0 Å². The molecule has 0 amide bonds. The van der Waals surface area contributed by atoms with Gasteiger partial charge in [-0.3, -0.25) is 20.8 Å². The van der Waals surface area contributed by atoms with E-state index in [0.717, 1.165) is 72.4 Å². The summed E-state index contributed by atoms with van der Waals surface area (Å²) in [5.41, 5.74) is 5.59. The highest BCUT2D eigenvalue weighted by Gasteiger charge is 2.27. The molecule has 3 rings (SSSR count). The van der Waals surface area contributed by atoms with Crippen LogP contribution in [-0.4, -0.2) is 21.4 Å². The fourth-order valence-electron chi connectivity index (χ4n) is 3.03. The predicted octanol–water partition coefficient (Wildman–Crippen LogP) is 4.58. The summed E-state index contributed by atoms with van der Waals surface area (Å²) in [7, 11) is 0. The topological polar surface area (TPSA) is 73.5 Å². The van der Waals surface area contributed by atoms with Crippen molar-refractivity contribution < 1.29 is 0 Å². The lowest BCUT2D eigenvalue weighted by atomic mass is 9.88. The molecule has 2 aromatic rings. The summed E-state index contributed by atoms with van der Waals surface area (Å²) in [6.07, 6.45) is 6.37. The number of aryl methyl sites for hydroxylation is 2. The Hall–Kier alpha value is -2.36. The highest BCUT2D eigenvalue weighted by atomic mass is 14.8. The van der Waals surface area contributed by atoms with Crippen LogP contribution in [0.15, 0.2) is 24.3 Å². The highest BCUT2D eigenvalue weighted by Crippen LogP contribution is 2.31. The third-order valence-corrected chi connectivity index (χ3v) is 4.49. The Kier molecular flexibility index (Phi) is 4.84. The van der Waals surface area contributed by atoms with Crippen molar-refractivity contribution in [1.29, 1.82) is 10.8 Å². The monoisotopic (exact) mass is 320 g/mol. The van der Waals surface area contributed by atoms with E-state index in [1.165, 1.54) is 0 Å². The summed E-state index contributed by atoms with van der Waals surface area (Å²) in [4.78, 5) is 9.60. The van der Waals surface area contributed by atoms with Gasteiger partial charge >= 0.3 is 0 Å². The van der Waals surface area contributed by atoms with Crippen LogP contribution >= 0.6 is 0 Å². The number of hydrogen-bond donors (Lipinski definition) is 2. The summed E-state index contributed by atoms with van der Waals surface area (Å²) in [5, 5.41) is 16.6. The van der Waals surface area contributed by atoms with Gasteiger partial charge in [0, 0.05) is 22.5 Å². The smallest absolute Gasteiger partial charge is 0.0991 e. The molecule has 0 atom stereocenters. The zero-order valence-corrected chi connectivity index (χ0v) is 14.4. The molecule has 24 heavy (non-hydrogen) atoms. The first-order valence-corrected chi connectivity index (χ1v) is 8.84. The molecule has 1 aliphatic carbocycles. The molecule has 4 heteroatoms. The number of unbranched alkanes of at least 4 members (excludes halogenated alkanes) is 2. The first-order chi connectivity index (χ1) is 11.7. The summed E-state index contributed by atoms with van der Waals surface area (Å²) in [6, 6.07) is 7.85. The Morgan fingerprint density at radius 2 is 1.12 bits per heavy atom. The molecule has 0 saturated carbocycles. The summed E-state index contributed by atoms with van der Waals surface area (Å²) < 4.78 is 0. The number of aromatic nitrogens is 2. The molecule has 2 N–H and O–H groups in total. The minimum absolute atomic E-state index is 0.246. The van der Waals surface area contributed by atoms with Crippen LogP contribution in [0.1, 0.15) is 62.0 Å². The van der Waals surface area contributed by atoms with E-state index in [9.17, 15) is 0 Å². The number of nitrogens with zero attached hydrogens (tertiary/aromatic N) is 2. The van der Waals surface area contributed by atoms with Crippen LogP contribution in [0.3, 0.4) is 0 Å². The lowest BCUT2D eigenvalue weighted by molar-refractivity contribution is 0.773. The third kappa shape index (κ3) is 3.01. The van der Waals surface area contributed by atoms with E-state index < -0.39 is 0 Å². The number of pyridine rings is 2. The highest BCUT2D eigenvalue weighted by molar-refractivity contribution is 6.54. The van der Waals surface area contributed by atoms with E-state index in [1.54, 1.807) is 0 Å². The normalized spacial score (nSPS) is 12.9. The van der Waals surface area contributed by atoms with Gasteiger partial charge in [-0.1, -0.05) is 26.7 Å². The number of nitrogens with one attached hydrogen (secondary N) is 2. The quantitative estimate of drug-likeness (QED) is 0.817. The van der Waals surface area contributed by atoms with Crippen LogP contribution in [0.5, 0.6) is 0 Å². The van der Waals surface area contributed by atoms with Crippen LogP contribution in [0.2, 0.25) is 0 Å². The predicted molar refractivity (Wildman–Crippen MR) is 98.3 cm³/mol. The molecular formula is C20H24N4. The van der Waals surface area contributed by atoms with Gasteiger partial charge in [-0.25, -0.2) is 0 Å². The van der Waals surface area contributed by atoms with Crippen LogP contribution in [-0.2, 0) is 12.8 Å². The van der Waals surface area contributed by atoms with E-state index >= 15 is 0 Å². The van der Waals surface area contributed by atoms with E-state index in [0.29, 0.717) is 0 Å². The Balaban J connectivity index is 2.08. The lowest BCUT2D eigenvalue weighted by Crippen LogP contribution is -2.23. The van der Waals surface area contributed by atoms with Crippen LogP contribution in [0, 0.1) is 10.8 Å². The van der Waals surface area contributed by atoms with Gasteiger partial charge in [-0.05, 0) is 49.9 Å². The summed E-state index contributed by atoms with van der Waals surface area (Å²) >= 11 is 0. The van der Waals surface area contributed by atoms with Crippen molar-refractivity contribution in [3.8, 4) is 11.4 Å². The first kappa shape index (κ1) is 16.5. The largest absolute Gasteiger partial charge is 0.298 e. The molecular weight excluding hydrogens is 296 g/mol. The summed E-state index contributed by atoms with van der Waals surface area (Å²) in [5.74, 6) is 0. The number of hydrogen-bond acceptors (Lipinski definition) is 4. The Labute approximate surface area is 143 Å². The maximum absolute atomic E-state index is 8.29. The van der Waals surface area contributed by atoms with Crippen molar-refractivity contribution in [3.05, 3.63) is 46.8 Å². The molecule has 0 aliphatic heterocycles. The molecule has 0 radical (unpaired) electrons. The van der Waals surface area contributed by atoms with Crippen molar-refractivity contribution in [2.75, 3.05) is 0 Å². The maximum Gasteiger partial charge on any atom is 0.0991 e. The van der Waals surface area contributed by atoms with Gasteiger partial charge in [0.05, 0.1) is 22.8 Å². The molecule has 0 spiro atoms. The molecule has 2 aromatic heterocycles. The van der Waals surface area contributed by atoms with Crippen LogP contribution in [0.25, 0.3) is 11.4 Å². The Morgan fingerprint density at radius 1 is 0.708 bits per heavy atom. The second-order valence-corrected chi connectivity index (χ2v) is 6.35. The lowest BCUT2D eigenvalue weighted by Gasteiger charge is -2.21. The van der Waals surface area contributed by atoms with E-state index in [4.69, 9.17) is 20.8 Å². The molecule has 2 heterocycles. The molecule has 124 valence electrons. The second kappa shape index (κ2) is 7.04. The fourth-order valence-corrected chi connectivity index (χ4v) is 3.03. The van der Waals surface area contributed by atoms with Gasteiger partial charge in [0.2, 0.25) is 0 Å². The molecule has 0 fully saturated rings. The molecule has 0 saturated heterocycles. The van der Waals surface area contributed by atoms with E-state index in [-0.39, 0.29) is 11.4 Å². The van der Waals surface area contributed by atoms with Crippen LogP contribution < -0.4 is 0 Å². The van der Waals surface area contributed by atoms with Crippen molar-refractivity contribution in [1.82, 2.24) is 9.97 Å². The zero-order chi connectivity index (χ0) is 17.1. The third-order valence-electron chi connectivity index (χ3n) is 4.49. The van der Waals surface area contributed by atoms with Gasteiger partial charge < -0.3 is 0 Å². The van der Waals surface area contributed by atoms with Gasteiger partial charge in [-0.15, -0.1) is 0 Å². The van der Waals surface area contributed by atoms with Crippen molar-refractivity contribution >= 4 is 11.4 Å². The second-order valence-electron chi connectivity index (χ2n) is 6.35. The van der Waals surface area contributed by atoms with Crippen molar-refractivity contribution in [2.24, 2.45) is 0 Å². The minimum Gasteiger partial charge on any atom is -0.298 e. The zero-order valence-electron chi connectivity index (χ0n) is 14.4. The summed E-state index contributed by atoms with van der Waals surface area (Å²) in [6.45, 7) is 4.35.